The maximum Gasteiger partial charge on any atom is 0.0575 e. The van der Waals surface area contributed by atoms with Gasteiger partial charge in [-0.05, 0) is 62.0 Å². The molecule has 1 aliphatic carbocycles. The molecule has 24 heavy (non-hydrogen) atoms. The number of hydrogen-bond donors (Lipinski definition) is 0. The predicted octanol–water partition coefficient (Wildman–Crippen LogP) is 5.89. The molecule has 1 fully saturated rings. The SMILES string of the molecule is CCCc1ccc(C2CCC(OCCCCCCOC)CC2)cc1. The third-order valence-corrected chi connectivity index (χ3v) is 5.26. The molecule has 1 saturated carbocycles. The van der Waals surface area contributed by atoms with Gasteiger partial charge in [-0.15, -0.1) is 0 Å². The summed E-state index contributed by atoms with van der Waals surface area (Å²) in [4.78, 5) is 0. The molecule has 0 heterocycles. The Kier molecular flexibility index (Phi) is 9.45. The summed E-state index contributed by atoms with van der Waals surface area (Å²) in [5.74, 6) is 0.745. The molecule has 1 aliphatic rings. The van der Waals surface area contributed by atoms with E-state index in [-0.39, 0.29) is 0 Å². The number of hydrogen-bond acceptors (Lipinski definition) is 2. The molecular formula is C22H36O2. The van der Waals surface area contributed by atoms with Crippen LogP contribution in [-0.4, -0.2) is 26.4 Å². The van der Waals surface area contributed by atoms with Crippen molar-refractivity contribution in [3.63, 3.8) is 0 Å². The highest BCUT2D eigenvalue weighted by atomic mass is 16.5. The molecule has 2 rings (SSSR count). The minimum absolute atomic E-state index is 0.500. The molecule has 2 nitrogen and oxygen atoms in total. The van der Waals surface area contributed by atoms with Crippen LogP contribution in [0, 0.1) is 0 Å². The molecule has 0 spiro atoms. The molecule has 0 bridgehead atoms. The van der Waals surface area contributed by atoms with Gasteiger partial charge in [0.05, 0.1) is 6.10 Å². The van der Waals surface area contributed by atoms with E-state index in [0.717, 1.165) is 19.1 Å². The van der Waals surface area contributed by atoms with Crippen LogP contribution in [0.5, 0.6) is 0 Å². The van der Waals surface area contributed by atoms with Crippen molar-refractivity contribution in [3.05, 3.63) is 35.4 Å². The van der Waals surface area contributed by atoms with Crippen molar-refractivity contribution >= 4 is 0 Å². The van der Waals surface area contributed by atoms with Gasteiger partial charge in [-0.25, -0.2) is 0 Å². The largest absolute Gasteiger partial charge is 0.385 e. The monoisotopic (exact) mass is 332 g/mol. The molecule has 0 unspecified atom stereocenters. The standard InChI is InChI=1S/C22H36O2/c1-3-8-19-9-11-20(12-10-19)21-13-15-22(16-14-21)24-18-7-5-4-6-17-23-2/h9-12,21-22H,3-8,13-18H2,1-2H3. The van der Waals surface area contributed by atoms with Gasteiger partial charge in [0.1, 0.15) is 0 Å². The number of benzene rings is 1. The highest BCUT2D eigenvalue weighted by Crippen LogP contribution is 2.34. The van der Waals surface area contributed by atoms with Crippen molar-refractivity contribution in [2.24, 2.45) is 0 Å². The minimum Gasteiger partial charge on any atom is -0.385 e. The van der Waals surface area contributed by atoms with E-state index in [1.807, 2.05) is 0 Å². The number of aryl methyl sites for hydroxylation is 1. The molecule has 1 aromatic carbocycles. The molecule has 136 valence electrons. The Morgan fingerprint density at radius 3 is 2.17 bits per heavy atom. The van der Waals surface area contributed by atoms with E-state index in [0.29, 0.717) is 6.10 Å². The van der Waals surface area contributed by atoms with Crippen LogP contribution in [0.1, 0.15) is 81.8 Å². The van der Waals surface area contributed by atoms with Crippen LogP contribution in [-0.2, 0) is 15.9 Å². The molecule has 0 radical (unpaired) electrons. The van der Waals surface area contributed by atoms with Gasteiger partial charge >= 0.3 is 0 Å². The van der Waals surface area contributed by atoms with E-state index in [1.54, 1.807) is 7.11 Å². The second kappa shape index (κ2) is 11.7. The maximum atomic E-state index is 6.09. The van der Waals surface area contributed by atoms with Gasteiger partial charge in [-0.2, -0.15) is 0 Å². The molecule has 0 N–H and O–H groups in total. The van der Waals surface area contributed by atoms with Gasteiger partial charge in [-0.3, -0.25) is 0 Å². The zero-order chi connectivity index (χ0) is 17.0. The Balaban J connectivity index is 1.59. The summed E-state index contributed by atoms with van der Waals surface area (Å²) in [6.07, 6.45) is 12.9. The summed E-state index contributed by atoms with van der Waals surface area (Å²) in [6.45, 7) is 4.08. The predicted molar refractivity (Wildman–Crippen MR) is 102 cm³/mol. The summed E-state index contributed by atoms with van der Waals surface area (Å²) in [6, 6.07) is 9.36. The second-order valence-corrected chi connectivity index (χ2v) is 7.24. The fraction of sp³-hybridized carbons (Fsp3) is 0.727. The van der Waals surface area contributed by atoms with E-state index < -0.39 is 0 Å². The third-order valence-electron chi connectivity index (χ3n) is 5.26. The zero-order valence-electron chi connectivity index (χ0n) is 15.8. The van der Waals surface area contributed by atoms with E-state index in [9.17, 15) is 0 Å². The first-order valence-electron chi connectivity index (χ1n) is 10.0. The Hall–Kier alpha value is -0.860. The lowest BCUT2D eigenvalue weighted by Crippen LogP contribution is -2.21. The van der Waals surface area contributed by atoms with E-state index in [1.165, 1.54) is 75.3 Å². The van der Waals surface area contributed by atoms with Gasteiger partial charge in [0.15, 0.2) is 0 Å². The quantitative estimate of drug-likeness (QED) is 0.470. The smallest absolute Gasteiger partial charge is 0.0575 e. The number of unbranched alkanes of at least 4 members (excludes halogenated alkanes) is 3. The van der Waals surface area contributed by atoms with Gasteiger partial charge < -0.3 is 9.47 Å². The molecule has 0 saturated heterocycles. The lowest BCUT2D eigenvalue weighted by Gasteiger charge is -2.29. The number of ether oxygens (including phenoxy) is 2. The van der Waals surface area contributed by atoms with Crippen LogP contribution in [0.3, 0.4) is 0 Å². The molecule has 0 amide bonds. The van der Waals surface area contributed by atoms with E-state index in [2.05, 4.69) is 31.2 Å². The summed E-state index contributed by atoms with van der Waals surface area (Å²) in [7, 11) is 1.78. The lowest BCUT2D eigenvalue weighted by molar-refractivity contribution is 0.0224. The number of methoxy groups -OCH3 is 1. The van der Waals surface area contributed by atoms with Gasteiger partial charge in [0, 0.05) is 20.3 Å². The Labute approximate surface area is 148 Å². The van der Waals surface area contributed by atoms with Crippen LogP contribution in [0.4, 0.5) is 0 Å². The molecule has 2 heteroatoms. The summed E-state index contributed by atoms with van der Waals surface area (Å²) in [5.41, 5.74) is 3.01. The minimum atomic E-state index is 0.500. The Morgan fingerprint density at radius 1 is 0.875 bits per heavy atom. The first-order valence-corrected chi connectivity index (χ1v) is 10.0. The topological polar surface area (TPSA) is 18.5 Å². The second-order valence-electron chi connectivity index (χ2n) is 7.24. The van der Waals surface area contributed by atoms with Crippen molar-refractivity contribution in [1.82, 2.24) is 0 Å². The average molecular weight is 333 g/mol. The third kappa shape index (κ3) is 6.94. The van der Waals surface area contributed by atoms with Crippen molar-refractivity contribution < 1.29 is 9.47 Å². The van der Waals surface area contributed by atoms with Crippen molar-refractivity contribution in [2.75, 3.05) is 20.3 Å². The fourth-order valence-electron chi connectivity index (χ4n) is 3.76. The molecule has 0 aliphatic heterocycles. The van der Waals surface area contributed by atoms with Crippen LogP contribution < -0.4 is 0 Å². The highest BCUT2D eigenvalue weighted by Gasteiger charge is 2.22. The Morgan fingerprint density at radius 2 is 1.54 bits per heavy atom. The van der Waals surface area contributed by atoms with E-state index >= 15 is 0 Å². The molecule has 0 atom stereocenters. The van der Waals surface area contributed by atoms with Gasteiger partial charge in [0.2, 0.25) is 0 Å². The Bertz CT molecular complexity index is 418. The zero-order valence-corrected chi connectivity index (χ0v) is 15.8. The van der Waals surface area contributed by atoms with Gasteiger partial charge in [0.25, 0.3) is 0 Å². The summed E-state index contributed by atoms with van der Waals surface area (Å²) in [5, 5.41) is 0. The molecule has 0 aromatic heterocycles. The van der Waals surface area contributed by atoms with Crippen LogP contribution >= 0.6 is 0 Å². The lowest BCUT2D eigenvalue weighted by atomic mass is 9.82. The molecule has 1 aromatic rings. The number of rotatable bonds is 11. The normalized spacial score (nSPS) is 21.1. The van der Waals surface area contributed by atoms with Crippen molar-refractivity contribution in [1.29, 1.82) is 0 Å². The first kappa shape index (κ1) is 19.5. The van der Waals surface area contributed by atoms with Gasteiger partial charge in [-0.1, -0.05) is 50.5 Å². The average Bonchev–Trinajstić information content (AvgIpc) is 2.62. The summed E-state index contributed by atoms with van der Waals surface area (Å²) < 4.78 is 11.2. The molecular weight excluding hydrogens is 296 g/mol. The van der Waals surface area contributed by atoms with Crippen LogP contribution in [0.25, 0.3) is 0 Å². The maximum absolute atomic E-state index is 6.09. The first-order chi connectivity index (χ1) is 11.8. The van der Waals surface area contributed by atoms with E-state index in [4.69, 9.17) is 9.47 Å². The van der Waals surface area contributed by atoms with Crippen molar-refractivity contribution in [2.45, 2.75) is 83.2 Å². The highest BCUT2D eigenvalue weighted by molar-refractivity contribution is 5.25. The van der Waals surface area contributed by atoms with Crippen LogP contribution in [0.2, 0.25) is 0 Å². The fourth-order valence-corrected chi connectivity index (χ4v) is 3.76. The summed E-state index contributed by atoms with van der Waals surface area (Å²) >= 11 is 0. The van der Waals surface area contributed by atoms with Crippen molar-refractivity contribution in [3.8, 4) is 0 Å². The van der Waals surface area contributed by atoms with Crippen LogP contribution in [0.15, 0.2) is 24.3 Å².